The Morgan fingerprint density at radius 3 is 2.58 bits per heavy atom. The van der Waals surface area contributed by atoms with Crippen LogP contribution < -0.4 is 0 Å². The van der Waals surface area contributed by atoms with Crippen molar-refractivity contribution in [2.75, 3.05) is 5.75 Å². The summed E-state index contributed by atoms with van der Waals surface area (Å²) in [5.74, 6) is -0.229. The summed E-state index contributed by atoms with van der Waals surface area (Å²) in [5, 5.41) is 9.80. The standard InChI is InChI=1S/C25H32O5S/c1-25(2,27)20-13-24(30-15-20)31(28,29)16-21(26)14-23-19(12-17-6-3-4-7-17)11-10-18-8-5-9-22(18)23/h10-11,13,15,17,27H,3-9,12,14,16H2,1-2H3. The van der Waals surface area contributed by atoms with Crippen LogP contribution >= 0.6 is 0 Å². The lowest BCUT2D eigenvalue weighted by molar-refractivity contribution is -0.116. The van der Waals surface area contributed by atoms with Gasteiger partial charge >= 0.3 is 0 Å². The molecule has 2 aliphatic carbocycles. The van der Waals surface area contributed by atoms with Gasteiger partial charge in [-0.3, -0.25) is 4.79 Å². The number of furan rings is 1. The summed E-state index contributed by atoms with van der Waals surface area (Å²) < 4.78 is 30.7. The first-order chi connectivity index (χ1) is 14.6. The molecular weight excluding hydrogens is 412 g/mol. The minimum absolute atomic E-state index is 0.156. The molecule has 0 amide bonds. The van der Waals surface area contributed by atoms with E-state index < -0.39 is 21.2 Å². The average Bonchev–Trinajstić information content (AvgIpc) is 3.44. The summed E-state index contributed by atoms with van der Waals surface area (Å²) in [4.78, 5) is 12.9. The number of sulfone groups is 1. The van der Waals surface area contributed by atoms with Gasteiger partial charge in [0.15, 0.2) is 5.78 Å². The van der Waals surface area contributed by atoms with Crippen LogP contribution in [0.15, 0.2) is 34.0 Å². The lowest BCUT2D eigenvalue weighted by atomic mass is 9.88. The summed E-state index contributed by atoms with van der Waals surface area (Å²) >= 11 is 0. The predicted molar refractivity (Wildman–Crippen MR) is 119 cm³/mol. The Morgan fingerprint density at radius 1 is 1.16 bits per heavy atom. The molecule has 1 fully saturated rings. The number of aryl methyl sites for hydroxylation is 1. The molecule has 1 N–H and O–H groups in total. The first-order valence-electron chi connectivity index (χ1n) is 11.3. The fourth-order valence-corrected chi connectivity index (χ4v) is 6.23. The second-order valence-corrected chi connectivity index (χ2v) is 11.7. The number of aliphatic hydroxyl groups is 1. The number of Topliss-reactive ketones (excluding diaryl/α,β-unsaturated/α-hetero) is 1. The number of hydrogen-bond donors (Lipinski definition) is 1. The monoisotopic (exact) mass is 444 g/mol. The lowest BCUT2D eigenvalue weighted by Crippen LogP contribution is -2.20. The Labute approximate surface area is 184 Å². The van der Waals surface area contributed by atoms with Crippen molar-refractivity contribution in [3.8, 4) is 0 Å². The highest BCUT2D eigenvalue weighted by Gasteiger charge is 2.28. The second kappa shape index (κ2) is 8.55. The van der Waals surface area contributed by atoms with E-state index in [9.17, 15) is 18.3 Å². The van der Waals surface area contributed by atoms with E-state index >= 15 is 0 Å². The summed E-state index contributed by atoms with van der Waals surface area (Å²) in [7, 11) is -3.90. The van der Waals surface area contributed by atoms with E-state index in [0.717, 1.165) is 31.2 Å². The fourth-order valence-electron chi connectivity index (χ4n) is 5.06. The normalized spacial score (nSPS) is 17.3. The van der Waals surface area contributed by atoms with Gasteiger partial charge in [0.05, 0.1) is 11.9 Å². The third-order valence-electron chi connectivity index (χ3n) is 6.79. The molecule has 0 atom stereocenters. The highest BCUT2D eigenvalue weighted by atomic mass is 32.2. The van der Waals surface area contributed by atoms with Gasteiger partial charge in [-0.05, 0) is 67.7 Å². The number of hydrogen-bond acceptors (Lipinski definition) is 5. The van der Waals surface area contributed by atoms with Gasteiger partial charge in [-0.1, -0.05) is 37.8 Å². The van der Waals surface area contributed by atoms with Crippen LogP contribution in [0.1, 0.15) is 73.8 Å². The maximum atomic E-state index is 12.9. The van der Waals surface area contributed by atoms with Crippen LogP contribution in [-0.2, 0) is 45.9 Å². The molecule has 0 bridgehead atoms. The molecule has 0 unspecified atom stereocenters. The zero-order valence-corrected chi connectivity index (χ0v) is 19.3. The molecule has 31 heavy (non-hydrogen) atoms. The van der Waals surface area contributed by atoms with Crippen molar-refractivity contribution < 1.29 is 22.7 Å². The first kappa shape index (κ1) is 22.3. The van der Waals surface area contributed by atoms with E-state index in [1.807, 2.05) is 0 Å². The van der Waals surface area contributed by atoms with E-state index in [1.54, 1.807) is 13.8 Å². The molecule has 6 heteroatoms. The molecule has 4 rings (SSSR count). The minimum Gasteiger partial charge on any atom is -0.453 e. The molecule has 5 nitrogen and oxygen atoms in total. The van der Waals surface area contributed by atoms with Crippen molar-refractivity contribution >= 4 is 15.6 Å². The van der Waals surface area contributed by atoms with Crippen LogP contribution in [-0.4, -0.2) is 25.1 Å². The van der Waals surface area contributed by atoms with Crippen LogP contribution in [0.3, 0.4) is 0 Å². The molecule has 1 saturated carbocycles. The molecule has 2 aromatic rings. The third kappa shape index (κ3) is 4.96. The van der Waals surface area contributed by atoms with Crippen LogP contribution in [0.5, 0.6) is 0 Å². The highest BCUT2D eigenvalue weighted by molar-refractivity contribution is 7.92. The number of ketones is 1. The number of benzene rings is 1. The van der Waals surface area contributed by atoms with Crippen molar-refractivity contribution in [1.82, 2.24) is 0 Å². The lowest BCUT2D eigenvalue weighted by Gasteiger charge is -2.17. The van der Waals surface area contributed by atoms with E-state index in [0.29, 0.717) is 11.5 Å². The van der Waals surface area contributed by atoms with E-state index in [1.165, 1.54) is 54.7 Å². The SMILES string of the molecule is CC(C)(O)c1coc(S(=O)(=O)CC(=O)Cc2c(CC3CCCC3)ccc3c2CCC3)c1. The van der Waals surface area contributed by atoms with Crippen molar-refractivity contribution in [1.29, 1.82) is 0 Å². The average molecular weight is 445 g/mol. The molecule has 1 heterocycles. The molecule has 0 aliphatic heterocycles. The Balaban J connectivity index is 1.54. The smallest absolute Gasteiger partial charge is 0.218 e. The summed E-state index contributed by atoms with van der Waals surface area (Å²) in [6.07, 6.45) is 10.5. The van der Waals surface area contributed by atoms with Gasteiger partial charge in [0.2, 0.25) is 14.9 Å². The molecule has 0 radical (unpaired) electrons. The Hall–Kier alpha value is -1.92. The van der Waals surface area contributed by atoms with Crippen LogP contribution in [0.4, 0.5) is 0 Å². The Morgan fingerprint density at radius 2 is 1.90 bits per heavy atom. The van der Waals surface area contributed by atoms with E-state index in [4.69, 9.17) is 4.42 Å². The van der Waals surface area contributed by atoms with E-state index in [-0.39, 0.29) is 17.3 Å². The number of carbonyl (C=O) groups excluding carboxylic acids is 1. The minimum atomic E-state index is -3.90. The molecular formula is C25H32O5S. The van der Waals surface area contributed by atoms with Crippen LogP contribution in [0.2, 0.25) is 0 Å². The molecule has 168 valence electrons. The zero-order valence-electron chi connectivity index (χ0n) is 18.4. The predicted octanol–water partition coefficient (Wildman–Crippen LogP) is 4.31. The zero-order chi connectivity index (χ0) is 22.2. The molecule has 0 spiro atoms. The number of rotatable bonds is 8. The van der Waals surface area contributed by atoms with Gasteiger partial charge in [0, 0.05) is 18.1 Å². The van der Waals surface area contributed by atoms with Crippen LogP contribution in [0, 0.1) is 5.92 Å². The maximum Gasteiger partial charge on any atom is 0.218 e. The van der Waals surface area contributed by atoms with Gasteiger partial charge in [-0.15, -0.1) is 0 Å². The molecule has 0 saturated heterocycles. The van der Waals surface area contributed by atoms with Crippen molar-refractivity contribution in [3.05, 3.63) is 52.3 Å². The first-order valence-corrected chi connectivity index (χ1v) is 13.0. The largest absolute Gasteiger partial charge is 0.453 e. The third-order valence-corrected chi connectivity index (χ3v) is 8.32. The summed E-state index contributed by atoms with van der Waals surface area (Å²) in [6.45, 7) is 3.11. The topological polar surface area (TPSA) is 84.6 Å². The highest BCUT2D eigenvalue weighted by Crippen LogP contribution is 2.34. The van der Waals surface area contributed by atoms with Gasteiger partial charge in [-0.25, -0.2) is 8.42 Å². The fraction of sp³-hybridized carbons (Fsp3) is 0.560. The number of carbonyl (C=O) groups is 1. The quantitative estimate of drug-likeness (QED) is 0.656. The van der Waals surface area contributed by atoms with Crippen molar-refractivity contribution in [3.63, 3.8) is 0 Å². The van der Waals surface area contributed by atoms with Gasteiger partial charge < -0.3 is 9.52 Å². The van der Waals surface area contributed by atoms with Gasteiger partial charge in [0.1, 0.15) is 5.75 Å². The van der Waals surface area contributed by atoms with Gasteiger partial charge in [0.25, 0.3) is 0 Å². The molecule has 2 aliphatic rings. The Bertz CT molecular complexity index is 1070. The van der Waals surface area contributed by atoms with Crippen molar-refractivity contribution in [2.24, 2.45) is 5.92 Å². The van der Waals surface area contributed by atoms with Gasteiger partial charge in [-0.2, -0.15) is 0 Å². The Kier molecular flexibility index (Phi) is 6.14. The van der Waals surface area contributed by atoms with E-state index in [2.05, 4.69) is 12.1 Å². The molecule has 1 aromatic carbocycles. The summed E-state index contributed by atoms with van der Waals surface area (Å²) in [6, 6.07) is 5.69. The van der Waals surface area contributed by atoms with Crippen LogP contribution in [0.25, 0.3) is 0 Å². The molecule has 1 aromatic heterocycles. The number of fused-ring (bicyclic) bond motifs is 1. The van der Waals surface area contributed by atoms with Crippen molar-refractivity contribution in [2.45, 2.75) is 82.3 Å². The summed E-state index contributed by atoms with van der Waals surface area (Å²) in [5.41, 5.74) is 4.03. The maximum absolute atomic E-state index is 12.9. The second-order valence-electron chi connectivity index (χ2n) is 9.74.